The zero-order chi connectivity index (χ0) is 20.6. The Kier molecular flexibility index (Phi) is 8.15. The first-order valence-electron chi connectivity index (χ1n) is 10.5. The van der Waals surface area contributed by atoms with Crippen molar-refractivity contribution in [2.24, 2.45) is 0 Å². The molecular formula is C25H33F3. The van der Waals surface area contributed by atoms with Gasteiger partial charge in [0.2, 0.25) is 0 Å². The van der Waals surface area contributed by atoms with Crippen molar-refractivity contribution >= 4 is 0 Å². The van der Waals surface area contributed by atoms with Crippen LogP contribution in [0.4, 0.5) is 13.2 Å². The minimum Gasteiger partial charge on any atom is -0.170 e. The van der Waals surface area contributed by atoms with E-state index < -0.39 is 11.6 Å². The fraction of sp³-hybridized carbons (Fsp3) is 0.520. The molecule has 0 aliphatic carbocycles. The van der Waals surface area contributed by atoms with Crippen molar-refractivity contribution in [2.75, 3.05) is 0 Å². The lowest BCUT2D eigenvalue weighted by molar-refractivity contribution is -0.180. The molecule has 0 aromatic heterocycles. The van der Waals surface area contributed by atoms with Crippen molar-refractivity contribution in [3.63, 3.8) is 0 Å². The predicted octanol–water partition coefficient (Wildman–Crippen LogP) is 8.29. The summed E-state index contributed by atoms with van der Waals surface area (Å²) in [6.45, 7) is 5.75. The summed E-state index contributed by atoms with van der Waals surface area (Å²) < 4.78 is 44.3. The van der Waals surface area contributed by atoms with Crippen LogP contribution in [0.3, 0.4) is 0 Å². The van der Waals surface area contributed by atoms with E-state index in [-0.39, 0.29) is 6.42 Å². The quantitative estimate of drug-likeness (QED) is 0.358. The molecule has 0 N–H and O–H groups in total. The van der Waals surface area contributed by atoms with E-state index in [0.717, 1.165) is 19.3 Å². The largest absolute Gasteiger partial charge is 0.402 e. The van der Waals surface area contributed by atoms with Gasteiger partial charge in [0.1, 0.15) is 5.41 Å². The van der Waals surface area contributed by atoms with Crippen LogP contribution in [0.15, 0.2) is 48.5 Å². The second-order valence-corrected chi connectivity index (χ2v) is 7.90. The molecule has 0 atom stereocenters. The van der Waals surface area contributed by atoms with Crippen LogP contribution >= 0.6 is 0 Å². The normalized spacial score (nSPS) is 12.4. The van der Waals surface area contributed by atoms with Gasteiger partial charge in [-0.3, -0.25) is 0 Å². The Morgan fingerprint density at radius 3 is 1.50 bits per heavy atom. The number of hydrogen-bond acceptors (Lipinski definition) is 0. The smallest absolute Gasteiger partial charge is 0.170 e. The Bertz CT molecular complexity index is 685. The molecule has 0 unspecified atom stereocenters. The zero-order valence-corrected chi connectivity index (χ0v) is 17.4. The Balaban J connectivity index is 2.39. The third kappa shape index (κ3) is 4.98. The summed E-state index contributed by atoms with van der Waals surface area (Å²) in [4.78, 5) is 0. The number of halogens is 3. The maximum absolute atomic E-state index is 14.8. The molecular weight excluding hydrogens is 357 g/mol. The summed E-state index contributed by atoms with van der Waals surface area (Å²) in [5, 5.41) is 0. The Labute approximate surface area is 168 Å². The van der Waals surface area contributed by atoms with Crippen LogP contribution < -0.4 is 0 Å². The number of hydrogen-bond donors (Lipinski definition) is 0. The lowest BCUT2D eigenvalue weighted by atomic mass is 9.67. The lowest BCUT2D eigenvalue weighted by Gasteiger charge is -2.39. The third-order valence-electron chi connectivity index (χ3n) is 5.85. The van der Waals surface area contributed by atoms with E-state index >= 15 is 0 Å². The van der Waals surface area contributed by atoms with Gasteiger partial charge < -0.3 is 0 Å². The molecule has 0 nitrogen and oxygen atoms in total. The standard InChI is InChI=1S/C25H33F3/c1-4-5-6-7-8-9-14-19-24(25(26,27)28,22-17-12-10-15-20(22)2)23-18-13-11-16-21(23)3/h10-13,15-18H,4-9,14,19H2,1-3H3. The van der Waals surface area contributed by atoms with Crippen molar-refractivity contribution < 1.29 is 13.2 Å². The van der Waals surface area contributed by atoms with Gasteiger partial charge in [-0.1, -0.05) is 100 Å². The lowest BCUT2D eigenvalue weighted by Crippen LogP contribution is -2.44. The van der Waals surface area contributed by atoms with E-state index in [2.05, 4.69) is 6.92 Å². The van der Waals surface area contributed by atoms with Crippen LogP contribution in [0, 0.1) is 13.8 Å². The van der Waals surface area contributed by atoms with Crippen molar-refractivity contribution in [3.05, 3.63) is 70.8 Å². The third-order valence-corrected chi connectivity index (χ3v) is 5.85. The fourth-order valence-corrected chi connectivity index (χ4v) is 4.31. The highest BCUT2D eigenvalue weighted by Crippen LogP contribution is 2.51. The molecule has 3 heteroatoms. The fourth-order valence-electron chi connectivity index (χ4n) is 4.31. The highest BCUT2D eigenvalue weighted by atomic mass is 19.4. The van der Waals surface area contributed by atoms with Crippen LogP contribution in [0.5, 0.6) is 0 Å². The van der Waals surface area contributed by atoms with E-state index in [4.69, 9.17) is 0 Å². The Morgan fingerprint density at radius 1 is 0.643 bits per heavy atom. The molecule has 0 bridgehead atoms. The molecule has 0 saturated heterocycles. The van der Waals surface area contributed by atoms with Crippen molar-refractivity contribution in [2.45, 2.75) is 83.7 Å². The molecule has 28 heavy (non-hydrogen) atoms. The molecule has 0 aliphatic heterocycles. The van der Waals surface area contributed by atoms with Gasteiger partial charge in [0, 0.05) is 0 Å². The van der Waals surface area contributed by atoms with Gasteiger partial charge in [-0.15, -0.1) is 0 Å². The summed E-state index contributed by atoms with van der Waals surface area (Å²) in [6, 6.07) is 14.0. The summed E-state index contributed by atoms with van der Waals surface area (Å²) in [5.41, 5.74) is 0.232. The maximum Gasteiger partial charge on any atom is 0.402 e. The van der Waals surface area contributed by atoms with E-state index in [1.54, 1.807) is 50.2 Å². The van der Waals surface area contributed by atoms with Gasteiger partial charge >= 0.3 is 6.18 Å². The summed E-state index contributed by atoms with van der Waals surface area (Å²) in [5.74, 6) is 0. The minimum atomic E-state index is -4.35. The highest BCUT2D eigenvalue weighted by Gasteiger charge is 2.57. The minimum absolute atomic E-state index is 0.0972. The van der Waals surface area contributed by atoms with Gasteiger partial charge in [-0.25, -0.2) is 0 Å². The number of benzene rings is 2. The second kappa shape index (κ2) is 10.1. The first-order chi connectivity index (χ1) is 13.3. The number of alkyl halides is 3. The molecule has 2 aromatic rings. The molecule has 0 aliphatic rings. The van der Waals surface area contributed by atoms with Crippen LogP contribution in [-0.2, 0) is 5.41 Å². The van der Waals surface area contributed by atoms with Crippen molar-refractivity contribution in [3.8, 4) is 0 Å². The van der Waals surface area contributed by atoms with E-state index in [1.165, 1.54) is 19.3 Å². The van der Waals surface area contributed by atoms with Crippen LogP contribution in [-0.4, -0.2) is 6.18 Å². The molecule has 2 aromatic carbocycles. The van der Waals surface area contributed by atoms with E-state index in [9.17, 15) is 13.2 Å². The average Bonchev–Trinajstić information content (AvgIpc) is 2.65. The highest BCUT2D eigenvalue weighted by molar-refractivity contribution is 5.48. The summed E-state index contributed by atoms with van der Waals surface area (Å²) >= 11 is 0. The van der Waals surface area contributed by atoms with Gasteiger partial charge in [0.15, 0.2) is 0 Å². The van der Waals surface area contributed by atoms with Crippen LogP contribution in [0.2, 0.25) is 0 Å². The zero-order valence-electron chi connectivity index (χ0n) is 17.4. The molecule has 0 fully saturated rings. The first kappa shape index (κ1) is 22.5. The SMILES string of the molecule is CCCCCCCCCC(c1ccccc1C)(c1ccccc1C)C(F)(F)F. The first-order valence-corrected chi connectivity index (χ1v) is 10.5. The molecule has 0 spiro atoms. The van der Waals surface area contributed by atoms with Crippen LogP contribution in [0.1, 0.15) is 80.5 Å². The van der Waals surface area contributed by atoms with Gasteiger partial charge in [0.05, 0.1) is 0 Å². The number of rotatable bonds is 10. The molecule has 2 rings (SSSR count). The van der Waals surface area contributed by atoms with Crippen molar-refractivity contribution in [1.82, 2.24) is 0 Å². The summed E-state index contributed by atoms with van der Waals surface area (Å²) in [6.07, 6.45) is 2.85. The van der Waals surface area contributed by atoms with Crippen LogP contribution in [0.25, 0.3) is 0 Å². The van der Waals surface area contributed by atoms with Gasteiger partial charge in [0.25, 0.3) is 0 Å². The van der Waals surface area contributed by atoms with Crippen molar-refractivity contribution in [1.29, 1.82) is 0 Å². The molecule has 0 saturated carbocycles. The second-order valence-electron chi connectivity index (χ2n) is 7.90. The Morgan fingerprint density at radius 2 is 1.07 bits per heavy atom. The average molecular weight is 391 g/mol. The topological polar surface area (TPSA) is 0 Å². The predicted molar refractivity (Wildman–Crippen MR) is 112 cm³/mol. The van der Waals surface area contributed by atoms with E-state index in [0.29, 0.717) is 28.7 Å². The van der Waals surface area contributed by atoms with Gasteiger partial charge in [-0.05, 0) is 42.5 Å². The maximum atomic E-state index is 14.8. The van der Waals surface area contributed by atoms with E-state index in [1.807, 2.05) is 12.1 Å². The Hall–Kier alpha value is -1.77. The molecule has 0 amide bonds. The molecule has 0 heterocycles. The van der Waals surface area contributed by atoms with Gasteiger partial charge in [-0.2, -0.15) is 13.2 Å². The summed E-state index contributed by atoms with van der Waals surface area (Å²) in [7, 11) is 0. The monoisotopic (exact) mass is 390 g/mol. The molecule has 154 valence electrons. The molecule has 0 radical (unpaired) electrons. The number of unbranched alkanes of at least 4 members (excludes halogenated alkanes) is 6. The number of aryl methyl sites for hydroxylation is 2.